The number of hydrogen-bond acceptors (Lipinski definition) is 5. The molecular weight excluding hydrogens is 327 g/mol. The highest BCUT2D eigenvalue weighted by Crippen LogP contribution is 2.33. The van der Waals surface area contributed by atoms with Gasteiger partial charge in [0.15, 0.2) is 0 Å². The largest absolute Gasteiger partial charge is 0.506 e. The molecule has 0 aromatic carbocycles. The Bertz CT molecular complexity index is 539. The molecule has 2 N–H and O–H groups in total. The van der Waals surface area contributed by atoms with Crippen molar-refractivity contribution in [2.24, 2.45) is 0 Å². The Morgan fingerprint density at radius 3 is 2.40 bits per heavy atom. The molecule has 0 unspecified atom stereocenters. The van der Waals surface area contributed by atoms with Gasteiger partial charge in [0.1, 0.15) is 17.0 Å². The van der Waals surface area contributed by atoms with Crippen LogP contribution in [0.25, 0.3) is 5.76 Å². The summed E-state index contributed by atoms with van der Waals surface area (Å²) in [6.45, 7) is 1.64. The Morgan fingerprint density at radius 2 is 1.95 bits per heavy atom. The number of aliphatic hydroxyl groups excluding tert-OH is 1. The van der Waals surface area contributed by atoms with Crippen molar-refractivity contribution in [3.63, 3.8) is 0 Å². The standard InChI is InChI=1S/C12H11Cl3N2O3/c1-2-20-11(19)8(10(16)12(13,14)15)9(18)7-3-5-17-6-4-7/h3-6,16,18H,2H2,1H3. The molecule has 0 bridgehead atoms. The van der Waals surface area contributed by atoms with Crippen LogP contribution < -0.4 is 0 Å². The van der Waals surface area contributed by atoms with E-state index in [1.54, 1.807) is 6.92 Å². The molecule has 0 saturated carbocycles. The SMILES string of the molecule is CCOC(=O)C(C(=N)C(Cl)(Cl)Cl)=C(O)c1ccncc1. The smallest absolute Gasteiger partial charge is 0.343 e. The lowest BCUT2D eigenvalue weighted by Crippen LogP contribution is -2.27. The molecule has 0 amide bonds. The number of aliphatic hydroxyl groups is 1. The second-order valence-electron chi connectivity index (χ2n) is 3.55. The lowest BCUT2D eigenvalue weighted by molar-refractivity contribution is -0.137. The minimum absolute atomic E-state index is 0.0547. The summed E-state index contributed by atoms with van der Waals surface area (Å²) in [5, 5.41) is 17.9. The van der Waals surface area contributed by atoms with Crippen molar-refractivity contribution in [2.75, 3.05) is 6.61 Å². The van der Waals surface area contributed by atoms with Gasteiger partial charge in [-0.2, -0.15) is 0 Å². The number of halogens is 3. The molecule has 20 heavy (non-hydrogen) atoms. The zero-order valence-electron chi connectivity index (χ0n) is 10.4. The third kappa shape index (κ3) is 4.10. The van der Waals surface area contributed by atoms with Gasteiger partial charge in [0.2, 0.25) is 3.79 Å². The van der Waals surface area contributed by atoms with Crippen LogP contribution >= 0.6 is 34.8 Å². The monoisotopic (exact) mass is 336 g/mol. The van der Waals surface area contributed by atoms with Gasteiger partial charge in [0, 0.05) is 18.0 Å². The number of alkyl halides is 3. The molecule has 5 nitrogen and oxygen atoms in total. The van der Waals surface area contributed by atoms with Crippen molar-refractivity contribution in [2.45, 2.75) is 10.7 Å². The van der Waals surface area contributed by atoms with E-state index in [9.17, 15) is 9.90 Å². The van der Waals surface area contributed by atoms with Crippen LogP contribution in [0, 0.1) is 5.41 Å². The van der Waals surface area contributed by atoms with Gasteiger partial charge in [0.05, 0.1) is 6.61 Å². The van der Waals surface area contributed by atoms with Crippen LogP contribution in [0.2, 0.25) is 0 Å². The van der Waals surface area contributed by atoms with Gasteiger partial charge in [-0.1, -0.05) is 34.8 Å². The number of pyridine rings is 1. The Balaban J connectivity index is 3.37. The predicted molar refractivity (Wildman–Crippen MR) is 78.4 cm³/mol. The fraction of sp³-hybridized carbons (Fsp3) is 0.250. The number of esters is 1. The fourth-order valence-corrected chi connectivity index (χ4v) is 1.60. The predicted octanol–water partition coefficient (Wildman–Crippen LogP) is 3.30. The van der Waals surface area contributed by atoms with Crippen LogP contribution in [0.3, 0.4) is 0 Å². The summed E-state index contributed by atoms with van der Waals surface area (Å²) in [4.78, 5) is 15.7. The van der Waals surface area contributed by atoms with Gasteiger partial charge >= 0.3 is 5.97 Å². The number of carbonyl (C=O) groups is 1. The van der Waals surface area contributed by atoms with Crippen molar-refractivity contribution >= 4 is 52.2 Å². The number of carbonyl (C=O) groups excluding carboxylic acids is 1. The molecule has 0 aliphatic heterocycles. The van der Waals surface area contributed by atoms with Crippen molar-refractivity contribution in [1.29, 1.82) is 5.41 Å². The minimum Gasteiger partial charge on any atom is -0.506 e. The molecule has 1 aromatic rings. The second kappa shape index (κ2) is 6.92. The van der Waals surface area contributed by atoms with E-state index in [0.717, 1.165) is 0 Å². The molecule has 8 heteroatoms. The van der Waals surface area contributed by atoms with Crippen LogP contribution in [0.5, 0.6) is 0 Å². The maximum Gasteiger partial charge on any atom is 0.343 e. The summed E-state index contributed by atoms with van der Waals surface area (Å²) in [5.74, 6) is -1.46. The van der Waals surface area contributed by atoms with E-state index in [-0.39, 0.29) is 12.2 Å². The fourth-order valence-electron chi connectivity index (χ4n) is 1.32. The second-order valence-corrected chi connectivity index (χ2v) is 5.83. The summed E-state index contributed by atoms with van der Waals surface area (Å²) in [6.07, 6.45) is 2.82. The van der Waals surface area contributed by atoms with Crippen LogP contribution in [-0.4, -0.2) is 32.2 Å². The summed E-state index contributed by atoms with van der Waals surface area (Å²) in [5.41, 5.74) is -0.921. The molecule has 0 aliphatic carbocycles. The van der Waals surface area contributed by atoms with Gasteiger partial charge in [-0.15, -0.1) is 0 Å². The van der Waals surface area contributed by atoms with Gasteiger partial charge < -0.3 is 9.84 Å². The number of hydrogen-bond donors (Lipinski definition) is 2. The van der Waals surface area contributed by atoms with Crippen molar-refractivity contribution in [1.82, 2.24) is 4.98 Å². The number of aromatic nitrogens is 1. The average molecular weight is 338 g/mol. The number of nitrogens with zero attached hydrogens (tertiary/aromatic N) is 1. The molecule has 0 aliphatic rings. The van der Waals surface area contributed by atoms with Crippen LogP contribution in [-0.2, 0) is 9.53 Å². The lowest BCUT2D eigenvalue weighted by Gasteiger charge is -2.16. The normalized spacial score (nSPS) is 12.6. The van der Waals surface area contributed by atoms with E-state index in [1.807, 2.05) is 0 Å². The molecule has 1 aromatic heterocycles. The molecule has 0 saturated heterocycles. The molecule has 108 valence electrons. The maximum absolute atomic E-state index is 11.9. The van der Waals surface area contributed by atoms with Crippen molar-refractivity contribution in [3.05, 3.63) is 35.7 Å². The van der Waals surface area contributed by atoms with Crippen LogP contribution in [0.1, 0.15) is 12.5 Å². The van der Waals surface area contributed by atoms with Gasteiger partial charge in [0.25, 0.3) is 0 Å². The van der Waals surface area contributed by atoms with E-state index >= 15 is 0 Å². The first-order chi connectivity index (χ1) is 9.29. The minimum atomic E-state index is -2.16. The zero-order chi connectivity index (χ0) is 15.3. The van der Waals surface area contributed by atoms with Gasteiger partial charge in [-0.3, -0.25) is 10.4 Å². The quantitative estimate of drug-likeness (QED) is 0.290. The Morgan fingerprint density at radius 1 is 1.40 bits per heavy atom. The number of nitrogens with one attached hydrogen (secondary N) is 1. The zero-order valence-corrected chi connectivity index (χ0v) is 12.6. The summed E-state index contributed by atoms with van der Waals surface area (Å²) in [6, 6.07) is 2.89. The lowest BCUT2D eigenvalue weighted by atomic mass is 10.1. The van der Waals surface area contributed by atoms with Crippen molar-refractivity contribution < 1.29 is 14.6 Å². The molecule has 0 atom stereocenters. The highest BCUT2D eigenvalue weighted by molar-refractivity contribution is 6.78. The Kier molecular flexibility index (Phi) is 5.80. The number of ether oxygens (including phenoxy) is 1. The molecule has 0 spiro atoms. The topological polar surface area (TPSA) is 83.3 Å². The third-order valence-corrected chi connectivity index (χ3v) is 2.77. The van der Waals surface area contributed by atoms with Gasteiger partial charge in [-0.05, 0) is 19.1 Å². The van der Waals surface area contributed by atoms with E-state index in [4.69, 9.17) is 44.9 Å². The molecule has 0 radical (unpaired) electrons. The third-order valence-electron chi connectivity index (χ3n) is 2.20. The molecule has 1 heterocycles. The van der Waals surface area contributed by atoms with E-state index in [2.05, 4.69) is 4.98 Å². The van der Waals surface area contributed by atoms with Gasteiger partial charge in [-0.25, -0.2) is 4.79 Å². The van der Waals surface area contributed by atoms with Crippen LogP contribution in [0.15, 0.2) is 30.1 Å². The van der Waals surface area contributed by atoms with E-state index in [1.165, 1.54) is 24.5 Å². The average Bonchev–Trinajstić information content (AvgIpc) is 2.39. The summed E-state index contributed by atoms with van der Waals surface area (Å²) < 4.78 is 2.61. The summed E-state index contributed by atoms with van der Waals surface area (Å²) >= 11 is 16.8. The Hall–Kier alpha value is -1.30. The highest BCUT2D eigenvalue weighted by atomic mass is 35.6. The molecule has 0 fully saturated rings. The first kappa shape index (κ1) is 16.8. The highest BCUT2D eigenvalue weighted by Gasteiger charge is 2.36. The number of rotatable bonds is 4. The summed E-state index contributed by atoms with van der Waals surface area (Å²) in [7, 11) is 0. The first-order valence-corrected chi connectivity index (χ1v) is 6.59. The Labute approximate surface area is 130 Å². The van der Waals surface area contributed by atoms with Crippen molar-refractivity contribution in [3.8, 4) is 0 Å². The molecule has 1 rings (SSSR count). The van der Waals surface area contributed by atoms with E-state index < -0.39 is 26.8 Å². The van der Waals surface area contributed by atoms with Crippen LogP contribution in [0.4, 0.5) is 0 Å². The first-order valence-electron chi connectivity index (χ1n) is 5.45. The molecular formula is C12H11Cl3N2O3. The maximum atomic E-state index is 11.9. The van der Waals surface area contributed by atoms with E-state index in [0.29, 0.717) is 0 Å².